The van der Waals surface area contributed by atoms with Gasteiger partial charge in [0.1, 0.15) is 5.84 Å². The molecule has 2 aromatic carbocycles. The minimum atomic E-state index is -0.617. The molecule has 0 bridgehead atoms. The molecule has 0 spiro atoms. The summed E-state index contributed by atoms with van der Waals surface area (Å²) >= 11 is 0. The van der Waals surface area contributed by atoms with Crippen LogP contribution < -0.4 is 16.1 Å². The Morgan fingerprint density at radius 3 is 2.48 bits per heavy atom. The number of hydrogen-bond donors (Lipinski definition) is 2. The summed E-state index contributed by atoms with van der Waals surface area (Å²) in [7, 11) is 0. The quantitative estimate of drug-likeness (QED) is 0.342. The molecule has 31 heavy (non-hydrogen) atoms. The van der Waals surface area contributed by atoms with Gasteiger partial charge in [-0.15, -0.1) is 0 Å². The molecule has 3 N–H and O–H groups in total. The number of benzodiazepines with no additional fused rings is 1. The van der Waals surface area contributed by atoms with Crippen LogP contribution in [0.5, 0.6) is 0 Å². The molecule has 1 saturated carbocycles. The van der Waals surface area contributed by atoms with E-state index in [1.807, 2.05) is 66.4 Å². The van der Waals surface area contributed by atoms with E-state index in [0.29, 0.717) is 11.5 Å². The summed E-state index contributed by atoms with van der Waals surface area (Å²) in [6, 6.07) is 18.0. The zero-order valence-electron chi connectivity index (χ0n) is 17.9. The molecule has 160 valence electrons. The van der Waals surface area contributed by atoms with Crippen LogP contribution in [0.3, 0.4) is 0 Å². The zero-order valence-corrected chi connectivity index (χ0v) is 17.9. The predicted molar refractivity (Wildman–Crippen MR) is 126 cm³/mol. The van der Waals surface area contributed by atoms with Gasteiger partial charge in [0.05, 0.1) is 17.1 Å². The second-order valence-electron chi connectivity index (χ2n) is 8.11. The summed E-state index contributed by atoms with van der Waals surface area (Å²) in [5, 5.41) is 7.08. The van der Waals surface area contributed by atoms with E-state index in [2.05, 4.69) is 17.0 Å². The highest BCUT2D eigenvalue weighted by atomic mass is 16.2. The number of anilines is 1. The summed E-state index contributed by atoms with van der Waals surface area (Å²) in [5.74, 6) is 6.31. The first-order chi connectivity index (χ1) is 15.1. The fraction of sp³-hybridized carbons (Fsp3) is 0.320. The third-order valence-corrected chi connectivity index (χ3v) is 6.07. The van der Waals surface area contributed by atoms with Crippen molar-refractivity contribution in [3.63, 3.8) is 0 Å². The normalized spacial score (nSPS) is 20.0. The zero-order chi connectivity index (χ0) is 21.8. The number of carbonyl (C=O) groups is 1. The molecule has 2 aliphatic rings. The highest BCUT2D eigenvalue weighted by Crippen LogP contribution is 2.32. The summed E-state index contributed by atoms with van der Waals surface area (Å²) in [6.45, 7) is 6.13. The highest BCUT2D eigenvalue weighted by Gasteiger charge is 2.32. The van der Waals surface area contributed by atoms with Crippen LogP contribution >= 0.6 is 0 Å². The first kappa shape index (κ1) is 20.8. The van der Waals surface area contributed by atoms with Gasteiger partial charge in [0.2, 0.25) is 5.91 Å². The number of carbonyl (C=O) groups excluding carboxylic acids is 1. The van der Waals surface area contributed by atoms with Crippen LogP contribution in [0.15, 0.2) is 77.0 Å². The molecule has 1 amide bonds. The Labute approximate surface area is 183 Å². The molecule has 0 aromatic heterocycles. The van der Waals surface area contributed by atoms with Crippen LogP contribution in [0.2, 0.25) is 0 Å². The molecular weight excluding hydrogens is 386 g/mol. The standard InChI is InChI=1S/C25H29N5O/c1-17-24(28-25(31)20-13-7-4-8-14-20)27-23(19-11-5-3-6-12-19)21-15-9-10-16-22(21)30(17)18(2)29-26/h3,5-6,9-12,15-16,20,24H,1,4,7-8,13-14,26H2,2H3,(H,28,31)/b29-18-. The second-order valence-corrected chi connectivity index (χ2v) is 8.11. The van der Waals surface area contributed by atoms with Gasteiger partial charge in [-0.1, -0.05) is 74.4 Å². The van der Waals surface area contributed by atoms with Crippen molar-refractivity contribution in [2.24, 2.45) is 21.9 Å². The fourth-order valence-electron chi connectivity index (χ4n) is 4.42. The van der Waals surface area contributed by atoms with E-state index in [9.17, 15) is 4.79 Å². The minimum absolute atomic E-state index is 0.0280. The molecule has 2 aromatic rings. The van der Waals surface area contributed by atoms with Crippen molar-refractivity contribution >= 4 is 23.1 Å². The number of hydrazone groups is 1. The van der Waals surface area contributed by atoms with E-state index in [1.165, 1.54) is 6.42 Å². The van der Waals surface area contributed by atoms with Gasteiger partial charge in [-0.2, -0.15) is 5.10 Å². The fourth-order valence-corrected chi connectivity index (χ4v) is 4.42. The lowest BCUT2D eigenvalue weighted by Gasteiger charge is -2.30. The van der Waals surface area contributed by atoms with Crippen LogP contribution in [0.25, 0.3) is 0 Å². The topological polar surface area (TPSA) is 83.1 Å². The maximum atomic E-state index is 13.1. The molecule has 1 fully saturated rings. The van der Waals surface area contributed by atoms with E-state index in [4.69, 9.17) is 10.8 Å². The van der Waals surface area contributed by atoms with Crippen molar-refractivity contribution in [3.05, 3.63) is 78.0 Å². The lowest BCUT2D eigenvalue weighted by molar-refractivity contribution is -0.126. The number of amidine groups is 1. The average molecular weight is 416 g/mol. The Bertz CT molecular complexity index is 1020. The van der Waals surface area contributed by atoms with E-state index in [1.54, 1.807) is 0 Å². The summed E-state index contributed by atoms with van der Waals surface area (Å²) < 4.78 is 0. The van der Waals surface area contributed by atoms with E-state index in [0.717, 1.165) is 48.2 Å². The van der Waals surface area contributed by atoms with Crippen LogP contribution in [0.1, 0.15) is 50.2 Å². The molecule has 1 heterocycles. The summed E-state index contributed by atoms with van der Waals surface area (Å²) in [4.78, 5) is 20.0. The van der Waals surface area contributed by atoms with Gasteiger partial charge < -0.3 is 11.2 Å². The molecule has 1 aliphatic heterocycles. The Hall–Kier alpha value is -3.41. The predicted octanol–water partition coefficient (Wildman–Crippen LogP) is 4.17. The lowest BCUT2D eigenvalue weighted by Crippen LogP contribution is -2.44. The van der Waals surface area contributed by atoms with E-state index in [-0.39, 0.29) is 11.8 Å². The van der Waals surface area contributed by atoms with Crippen molar-refractivity contribution in [1.29, 1.82) is 0 Å². The summed E-state index contributed by atoms with van der Waals surface area (Å²) in [5.41, 5.74) is 4.22. The molecule has 1 unspecified atom stereocenters. The number of aliphatic imine (C=N–C) groups is 1. The molecule has 6 nitrogen and oxygen atoms in total. The first-order valence-corrected chi connectivity index (χ1v) is 10.9. The first-order valence-electron chi connectivity index (χ1n) is 10.9. The number of amides is 1. The van der Waals surface area contributed by atoms with Crippen LogP contribution in [0.4, 0.5) is 5.69 Å². The van der Waals surface area contributed by atoms with Crippen LogP contribution in [-0.4, -0.2) is 23.6 Å². The monoisotopic (exact) mass is 415 g/mol. The van der Waals surface area contributed by atoms with Gasteiger partial charge in [-0.3, -0.25) is 14.7 Å². The number of para-hydroxylation sites is 1. The van der Waals surface area contributed by atoms with Crippen LogP contribution in [-0.2, 0) is 4.79 Å². The van der Waals surface area contributed by atoms with Gasteiger partial charge in [0, 0.05) is 17.0 Å². The van der Waals surface area contributed by atoms with Gasteiger partial charge in [0.25, 0.3) is 0 Å². The van der Waals surface area contributed by atoms with Gasteiger partial charge >= 0.3 is 0 Å². The van der Waals surface area contributed by atoms with Gasteiger partial charge in [-0.25, -0.2) is 0 Å². The van der Waals surface area contributed by atoms with Crippen LogP contribution in [0, 0.1) is 5.92 Å². The maximum absolute atomic E-state index is 13.1. The number of rotatable bonds is 3. The maximum Gasteiger partial charge on any atom is 0.225 e. The minimum Gasteiger partial charge on any atom is -0.329 e. The van der Waals surface area contributed by atoms with Crippen molar-refractivity contribution in [3.8, 4) is 0 Å². The van der Waals surface area contributed by atoms with Crippen molar-refractivity contribution in [2.45, 2.75) is 45.2 Å². The summed E-state index contributed by atoms with van der Waals surface area (Å²) in [6.07, 6.45) is 4.62. The Kier molecular flexibility index (Phi) is 6.16. The van der Waals surface area contributed by atoms with Crippen molar-refractivity contribution < 1.29 is 4.79 Å². The van der Waals surface area contributed by atoms with E-state index >= 15 is 0 Å². The third-order valence-electron chi connectivity index (χ3n) is 6.07. The average Bonchev–Trinajstić information content (AvgIpc) is 2.94. The number of nitrogens with one attached hydrogen (secondary N) is 1. The number of nitrogens with zero attached hydrogens (tertiary/aromatic N) is 3. The molecule has 4 rings (SSSR count). The molecule has 0 saturated heterocycles. The highest BCUT2D eigenvalue weighted by molar-refractivity contribution is 6.19. The number of nitrogens with two attached hydrogens (primary N) is 1. The Morgan fingerprint density at radius 2 is 1.77 bits per heavy atom. The Balaban J connectivity index is 1.80. The lowest BCUT2D eigenvalue weighted by atomic mass is 9.88. The van der Waals surface area contributed by atoms with Crippen molar-refractivity contribution in [2.75, 3.05) is 4.90 Å². The number of hydrogen-bond acceptors (Lipinski definition) is 4. The molecular formula is C25H29N5O. The molecule has 6 heteroatoms. The smallest absolute Gasteiger partial charge is 0.225 e. The van der Waals surface area contributed by atoms with E-state index < -0.39 is 6.17 Å². The molecule has 0 radical (unpaired) electrons. The van der Waals surface area contributed by atoms with Crippen molar-refractivity contribution in [1.82, 2.24) is 5.32 Å². The Morgan fingerprint density at radius 1 is 1.10 bits per heavy atom. The second kappa shape index (κ2) is 9.16. The SMILES string of the molecule is C=C1C(NC(=O)C2CCCCC2)N=C(c2ccccc2)c2ccccc2N1/C(C)=N\N. The number of benzene rings is 2. The largest absolute Gasteiger partial charge is 0.329 e. The molecule has 1 aliphatic carbocycles. The van der Waals surface area contributed by atoms with Gasteiger partial charge in [0.15, 0.2) is 6.17 Å². The number of fused-ring (bicyclic) bond motifs is 1. The molecule has 1 atom stereocenters. The third kappa shape index (κ3) is 4.24. The van der Waals surface area contributed by atoms with Gasteiger partial charge in [-0.05, 0) is 25.8 Å².